The quantitative estimate of drug-likeness (QED) is 0.864. The number of carbonyl (C=O) groups is 1. The van der Waals surface area contributed by atoms with Gasteiger partial charge in [-0.05, 0) is 47.6 Å². The lowest BCUT2D eigenvalue weighted by Gasteiger charge is -2.53. The summed E-state index contributed by atoms with van der Waals surface area (Å²) in [6.07, 6.45) is 6.69. The lowest BCUT2D eigenvalue weighted by molar-refractivity contribution is -0.157. The van der Waals surface area contributed by atoms with Gasteiger partial charge in [-0.25, -0.2) is 0 Å². The van der Waals surface area contributed by atoms with Crippen molar-refractivity contribution in [1.29, 1.82) is 0 Å². The number of amides is 1. The van der Waals surface area contributed by atoms with E-state index in [1.54, 1.807) is 0 Å². The molecule has 0 aromatic heterocycles. The second-order valence-electron chi connectivity index (χ2n) is 7.95. The number of nitrogens with one attached hydrogen (secondary N) is 1. The van der Waals surface area contributed by atoms with Crippen LogP contribution in [0.15, 0.2) is 0 Å². The zero-order valence-electron chi connectivity index (χ0n) is 14.5. The molecule has 1 aliphatic carbocycles. The molecule has 2 rings (SSSR count). The van der Waals surface area contributed by atoms with Gasteiger partial charge in [0.2, 0.25) is 5.91 Å². The molecule has 0 bridgehead atoms. The zero-order valence-corrected chi connectivity index (χ0v) is 14.5. The first-order chi connectivity index (χ1) is 9.75. The highest BCUT2D eigenvalue weighted by molar-refractivity contribution is 5.86. The number of hydrogen-bond donors (Lipinski definition) is 1. The molecular weight excluding hydrogens is 262 g/mol. The molecule has 0 aromatic rings. The first-order valence-electron chi connectivity index (χ1n) is 8.52. The van der Waals surface area contributed by atoms with E-state index in [1.165, 1.54) is 32.1 Å². The van der Waals surface area contributed by atoms with Gasteiger partial charge in [0, 0.05) is 31.2 Å². The largest absolute Gasteiger partial charge is 0.338 e. The molecule has 0 aromatic carbocycles. The van der Waals surface area contributed by atoms with Crippen LogP contribution in [0.4, 0.5) is 0 Å². The maximum absolute atomic E-state index is 12.7. The van der Waals surface area contributed by atoms with Gasteiger partial charge in [0.25, 0.3) is 0 Å². The van der Waals surface area contributed by atoms with Crippen LogP contribution in [0.1, 0.15) is 59.8 Å². The Balaban J connectivity index is 1.88. The van der Waals surface area contributed by atoms with E-state index in [0.717, 1.165) is 19.6 Å². The minimum Gasteiger partial charge on any atom is -0.338 e. The molecule has 0 atom stereocenters. The summed E-state index contributed by atoms with van der Waals surface area (Å²) in [6, 6.07) is 0.669. The summed E-state index contributed by atoms with van der Waals surface area (Å²) >= 11 is 0. The number of piperazine rings is 1. The van der Waals surface area contributed by atoms with Gasteiger partial charge >= 0.3 is 0 Å². The van der Waals surface area contributed by atoms with Crippen molar-refractivity contribution in [1.82, 2.24) is 15.1 Å². The van der Waals surface area contributed by atoms with E-state index in [4.69, 9.17) is 0 Å². The van der Waals surface area contributed by atoms with Gasteiger partial charge in [0.05, 0.1) is 5.54 Å². The van der Waals surface area contributed by atoms with Crippen molar-refractivity contribution in [3.8, 4) is 0 Å². The van der Waals surface area contributed by atoms with Crippen molar-refractivity contribution in [3.63, 3.8) is 0 Å². The van der Waals surface area contributed by atoms with Crippen LogP contribution in [0.5, 0.6) is 0 Å². The molecule has 1 aliphatic heterocycles. The van der Waals surface area contributed by atoms with Crippen LogP contribution in [-0.4, -0.2) is 59.5 Å². The average molecular weight is 295 g/mol. The first-order valence-corrected chi connectivity index (χ1v) is 8.52. The zero-order chi connectivity index (χ0) is 15.7. The third-order valence-corrected chi connectivity index (χ3v) is 5.55. The van der Waals surface area contributed by atoms with Crippen molar-refractivity contribution in [2.24, 2.45) is 0 Å². The third kappa shape index (κ3) is 3.59. The summed E-state index contributed by atoms with van der Waals surface area (Å²) in [5.41, 5.74) is -0.380. The van der Waals surface area contributed by atoms with Crippen LogP contribution in [0.3, 0.4) is 0 Å². The van der Waals surface area contributed by atoms with Crippen LogP contribution in [0.25, 0.3) is 0 Å². The van der Waals surface area contributed by atoms with E-state index >= 15 is 0 Å². The van der Waals surface area contributed by atoms with E-state index < -0.39 is 5.54 Å². The van der Waals surface area contributed by atoms with E-state index in [2.05, 4.69) is 36.0 Å². The van der Waals surface area contributed by atoms with Crippen molar-refractivity contribution in [2.45, 2.75) is 76.9 Å². The van der Waals surface area contributed by atoms with E-state index in [0.29, 0.717) is 6.04 Å². The Morgan fingerprint density at radius 2 is 1.76 bits per heavy atom. The number of nitrogens with zero attached hydrogens (tertiary/aromatic N) is 2. The molecule has 0 unspecified atom stereocenters. The van der Waals surface area contributed by atoms with Crippen LogP contribution in [0.2, 0.25) is 0 Å². The highest BCUT2D eigenvalue weighted by atomic mass is 16.2. The lowest BCUT2D eigenvalue weighted by atomic mass is 9.87. The van der Waals surface area contributed by atoms with Gasteiger partial charge in [0.15, 0.2) is 0 Å². The summed E-state index contributed by atoms with van der Waals surface area (Å²) in [7, 11) is 2.06. The molecule has 1 heterocycles. The molecule has 1 saturated carbocycles. The molecule has 21 heavy (non-hydrogen) atoms. The number of rotatable bonds is 4. The molecule has 4 nitrogen and oxygen atoms in total. The Morgan fingerprint density at radius 1 is 1.14 bits per heavy atom. The smallest absolute Gasteiger partial charge is 0.242 e. The molecule has 122 valence electrons. The van der Waals surface area contributed by atoms with Crippen molar-refractivity contribution >= 4 is 5.91 Å². The van der Waals surface area contributed by atoms with E-state index in [1.807, 2.05) is 13.8 Å². The second kappa shape index (κ2) is 6.25. The third-order valence-electron chi connectivity index (χ3n) is 5.55. The number of likely N-dealkylation sites (N-methyl/N-ethyl adjacent to an activating group) is 1. The van der Waals surface area contributed by atoms with Crippen molar-refractivity contribution in [2.75, 3.05) is 26.7 Å². The van der Waals surface area contributed by atoms with Crippen LogP contribution in [0, 0.1) is 0 Å². The molecule has 4 heteroatoms. The summed E-state index contributed by atoms with van der Waals surface area (Å²) in [5, 5.41) is 3.65. The molecule has 2 fully saturated rings. The van der Waals surface area contributed by atoms with Crippen LogP contribution >= 0.6 is 0 Å². The predicted octanol–water partition coefficient (Wildman–Crippen LogP) is 2.24. The van der Waals surface area contributed by atoms with Gasteiger partial charge in [-0.15, -0.1) is 0 Å². The Bertz CT molecular complexity index is 372. The molecule has 1 amide bonds. The fourth-order valence-corrected chi connectivity index (χ4v) is 3.82. The van der Waals surface area contributed by atoms with Gasteiger partial charge in [-0.1, -0.05) is 19.3 Å². The second-order valence-corrected chi connectivity index (χ2v) is 7.95. The highest BCUT2D eigenvalue weighted by Gasteiger charge is 2.47. The minimum atomic E-state index is -0.410. The van der Waals surface area contributed by atoms with Crippen LogP contribution < -0.4 is 5.32 Å². The van der Waals surface area contributed by atoms with Gasteiger partial charge < -0.3 is 10.2 Å². The van der Waals surface area contributed by atoms with Crippen LogP contribution in [-0.2, 0) is 4.79 Å². The summed E-state index contributed by atoms with van der Waals surface area (Å²) < 4.78 is 0. The Morgan fingerprint density at radius 3 is 2.38 bits per heavy atom. The topological polar surface area (TPSA) is 35.6 Å². The van der Waals surface area contributed by atoms with Gasteiger partial charge in [0.1, 0.15) is 0 Å². The number of carbonyl (C=O) groups excluding carboxylic acids is 1. The highest BCUT2D eigenvalue weighted by Crippen LogP contribution is 2.31. The summed E-state index contributed by atoms with van der Waals surface area (Å²) in [4.78, 5) is 17.0. The molecule has 1 N–H and O–H groups in total. The molecule has 0 spiro atoms. The summed E-state index contributed by atoms with van der Waals surface area (Å²) in [5.74, 6) is 0.259. The Labute approximate surface area is 130 Å². The van der Waals surface area contributed by atoms with Crippen molar-refractivity contribution in [3.05, 3.63) is 0 Å². The van der Waals surface area contributed by atoms with Crippen molar-refractivity contribution < 1.29 is 4.79 Å². The standard InChI is InChI=1S/C17H33N3O/c1-16(2)13-20(15(21)17(3,4)19(16)5)12-11-18-14-9-7-6-8-10-14/h14,18H,6-13H2,1-5H3. The normalized spacial score (nSPS) is 27.1. The first kappa shape index (κ1) is 16.8. The number of hydrogen-bond acceptors (Lipinski definition) is 3. The van der Waals surface area contributed by atoms with E-state index in [-0.39, 0.29) is 11.4 Å². The monoisotopic (exact) mass is 295 g/mol. The minimum absolute atomic E-state index is 0.0300. The lowest BCUT2D eigenvalue weighted by Crippen LogP contribution is -2.70. The Kier molecular flexibility index (Phi) is 4.99. The maximum Gasteiger partial charge on any atom is 0.242 e. The van der Waals surface area contributed by atoms with E-state index in [9.17, 15) is 4.79 Å². The van der Waals surface area contributed by atoms with Gasteiger partial charge in [-0.3, -0.25) is 9.69 Å². The Hall–Kier alpha value is -0.610. The predicted molar refractivity (Wildman–Crippen MR) is 87.4 cm³/mol. The molecule has 1 saturated heterocycles. The molecular formula is C17H33N3O. The SMILES string of the molecule is CN1C(C)(C)CN(CCNC2CCCCC2)C(=O)C1(C)C. The average Bonchev–Trinajstić information content (AvgIpc) is 2.44. The van der Waals surface area contributed by atoms with Gasteiger partial charge in [-0.2, -0.15) is 0 Å². The molecule has 0 radical (unpaired) electrons. The molecule has 2 aliphatic rings. The fourth-order valence-electron chi connectivity index (χ4n) is 3.82. The fraction of sp³-hybridized carbons (Fsp3) is 0.941. The maximum atomic E-state index is 12.7. The summed E-state index contributed by atoms with van der Waals surface area (Å²) in [6.45, 7) is 11.1.